The number of hydrogen-bond acceptors (Lipinski definition) is 3. The minimum absolute atomic E-state index is 0.0198. The summed E-state index contributed by atoms with van der Waals surface area (Å²) in [4.78, 5) is 24.6. The topological polar surface area (TPSA) is 87.7 Å². The molecule has 0 radical (unpaired) electrons. The minimum Gasteiger partial charge on any atom is -0.488 e. The van der Waals surface area contributed by atoms with Crippen molar-refractivity contribution in [2.45, 2.75) is 44.9 Å². The van der Waals surface area contributed by atoms with Crippen molar-refractivity contribution in [3.05, 3.63) is 77.1 Å². The molecule has 3 aromatic carbocycles. The first kappa shape index (κ1) is 26.0. The fraction of sp³-hybridized carbons (Fsp3) is 0.259. The van der Waals surface area contributed by atoms with Gasteiger partial charge in [0.1, 0.15) is 17.7 Å². The maximum absolute atomic E-state index is 14.1. The first-order valence-electron chi connectivity index (χ1n) is 11.5. The Morgan fingerprint density at radius 3 is 2.38 bits per heavy atom. The first-order chi connectivity index (χ1) is 17.4. The van der Waals surface area contributed by atoms with E-state index in [2.05, 4.69) is 10.6 Å². The van der Waals surface area contributed by atoms with Crippen LogP contribution in [-0.4, -0.2) is 29.4 Å². The molecule has 194 valence electrons. The molecule has 1 aliphatic rings. The van der Waals surface area contributed by atoms with Crippen LogP contribution in [0.4, 0.5) is 33.7 Å². The van der Waals surface area contributed by atoms with E-state index in [1.54, 1.807) is 31.2 Å². The molecule has 1 aliphatic heterocycles. The third-order valence-corrected chi connectivity index (χ3v) is 6.21. The fourth-order valence-electron chi connectivity index (χ4n) is 4.40. The van der Waals surface area contributed by atoms with Gasteiger partial charge in [-0.05, 0) is 73.9 Å². The van der Waals surface area contributed by atoms with Crippen LogP contribution < -0.4 is 15.4 Å². The molecule has 0 spiro atoms. The number of fused-ring (bicyclic) bond motifs is 1. The number of carboxylic acids is 1. The van der Waals surface area contributed by atoms with Gasteiger partial charge in [0.2, 0.25) is 0 Å². The highest BCUT2D eigenvalue weighted by atomic mass is 19.4. The van der Waals surface area contributed by atoms with Crippen LogP contribution in [0.5, 0.6) is 5.75 Å². The molecule has 37 heavy (non-hydrogen) atoms. The summed E-state index contributed by atoms with van der Waals surface area (Å²) < 4.78 is 59.0. The Balaban J connectivity index is 1.77. The average Bonchev–Trinajstić information content (AvgIpc) is 3.13. The molecule has 0 unspecified atom stereocenters. The van der Waals surface area contributed by atoms with Crippen molar-refractivity contribution < 1.29 is 37.0 Å². The first-order valence-corrected chi connectivity index (χ1v) is 11.5. The number of hydrogen-bond donors (Lipinski definition) is 3. The Morgan fingerprint density at radius 1 is 1.03 bits per heavy atom. The smallest absolute Gasteiger partial charge is 0.389 e. The molecule has 0 saturated heterocycles. The van der Waals surface area contributed by atoms with E-state index in [4.69, 9.17) is 4.74 Å². The predicted octanol–water partition coefficient (Wildman–Crippen LogP) is 7.35. The van der Waals surface area contributed by atoms with Gasteiger partial charge in [0.05, 0.1) is 11.3 Å². The van der Waals surface area contributed by atoms with E-state index in [-0.39, 0.29) is 34.5 Å². The molecule has 1 heterocycles. The Kier molecular flexibility index (Phi) is 7.11. The third-order valence-electron chi connectivity index (χ3n) is 6.21. The maximum atomic E-state index is 14.1. The molecule has 2 atom stereocenters. The molecule has 4 rings (SSSR count). The number of amides is 2. The van der Waals surface area contributed by atoms with Crippen LogP contribution in [0, 0.1) is 12.7 Å². The highest BCUT2D eigenvalue weighted by Crippen LogP contribution is 2.48. The van der Waals surface area contributed by atoms with Crippen LogP contribution in [-0.2, 0) is 0 Å². The van der Waals surface area contributed by atoms with Crippen molar-refractivity contribution in [2.75, 3.05) is 10.6 Å². The second-order valence-electron chi connectivity index (χ2n) is 8.97. The van der Waals surface area contributed by atoms with E-state index < -0.39 is 42.4 Å². The van der Waals surface area contributed by atoms with Gasteiger partial charge in [-0.25, -0.2) is 14.0 Å². The molecule has 6 nitrogen and oxygen atoms in total. The minimum atomic E-state index is -4.38. The number of carbonyl (C=O) groups excluding carboxylic acids is 1. The van der Waals surface area contributed by atoms with Gasteiger partial charge < -0.3 is 20.5 Å². The number of halogens is 4. The van der Waals surface area contributed by atoms with E-state index in [1.807, 2.05) is 6.92 Å². The van der Waals surface area contributed by atoms with Crippen molar-refractivity contribution in [1.82, 2.24) is 0 Å². The van der Waals surface area contributed by atoms with Gasteiger partial charge >= 0.3 is 18.2 Å². The number of rotatable bonds is 6. The van der Waals surface area contributed by atoms with Gasteiger partial charge in [-0.15, -0.1) is 0 Å². The zero-order chi connectivity index (χ0) is 26.9. The standard InChI is InChI=1S/C27H24F4N2O4/c1-14-3-6-18(7-4-14)32-26(36)33-23-12-16(21-13-17(28)5-8-20(21)25(34)35)11-22-19(9-10-27(29,30)31)15(2)37-24(22)23/h3-8,11-13,15,19H,9-10H2,1-2H3,(H,34,35)(H2,32,33,36)/t15-,19-/m1/s1. The summed E-state index contributed by atoms with van der Waals surface area (Å²) in [6.45, 7) is 3.52. The van der Waals surface area contributed by atoms with Crippen molar-refractivity contribution in [2.24, 2.45) is 0 Å². The number of alkyl halides is 3. The predicted molar refractivity (Wildman–Crippen MR) is 131 cm³/mol. The quantitative estimate of drug-likeness (QED) is 0.299. The van der Waals surface area contributed by atoms with Crippen LogP contribution >= 0.6 is 0 Å². The summed E-state index contributed by atoms with van der Waals surface area (Å²) in [6, 6.07) is 12.5. The van der Waals surface area contributed by atoms with Crippen LogP contribution in [0.15, 0.2) is 54.6 Å². The lowest BCUT2D eigenvalue weighted by atomic mass is 9.88. The van der Waals surface area contributed by atoms with Crippen molar-refractivity contribution in [3.63, 3.8) is 0 Å². The Hall–Kier alpha value is -4.08. The number of aromatic carboxylic acids is 1. The molecule has 3 N–H and O–H groups in total. The number of aryl methyl sites for hydroxylation is 1. The van der Waals surface area contributed by atoms with E-state index >= 15 is 0 Å². The zero-order valence-corrected chi connectivity index (χ0v) is 19.9. The van der Waals surface area contributed by atoms with Gasteiger partial charge in [-0.3, -0.25) is 0 Å². The third kappa shape index (κ3) is 6.02. The summed E-state index contributed by atoms with van der Waals surface area (Å²) in [5.74, 6) is -2.49. The van der Waals surface area contributed by atoms with E-state index in [9.17, 15) is 32.3 Å². The van der Waals surface area contributed by atoms with E-state index in [0.717, 1.165) is 23.8 Å². The summed E-state index contributed by atoms with van der Waals surface area (Å²) in [5, 5.41) is 14.9. The molecule has 3 aromatic rings. The lowest BCUT2D eigenvalue weighted by molar-refractivity contribution is -0.136. The monoisotopic (exact) mass is 516 g/mol. The zero-order valence-electron chi connectivity index (χ0n) is 19.9. The number of benzene rings is 3. The lowest BCUT2D eigenvalue weighted by Gasteiger charge is -2.17. The second-order valence-corrected chi connectivity index (χ2v) is 8.97. The SMILES string of the molecule is Cc1ccc(NC(=O)Nc2cc(-c3cc(F)ccc3C(=O)O)cc3c2O[C@H](C)[C@H]3CCC(F)(F)F)cc1. The van der Waals surface area contributed by atoms with Crippen LogP contribution in [0.2, 0.25) is 0 Å². The number of ether oxygens (including phenoxy) is 1. The Labute approximate surface area is 210 Å². The highest BCUT2D eigenvalue weighted by molar-refractivity contribution is 6.02. The molecular weight excluding hydrogens is 492 g/mol. The molecule has 10 heteroatoms. The molecule has 0 bridgehead atoms. The van der Waals surface area contributed by atoms with E-state index in [0.29, 0.717) is 11.3 Å². The summed E-state index contributed by atoms with van der Waals surface area (Å²) in [6.07, 6.45) is -6.34. The Bertz CT molecular complexity index is 1340. The molecule has 0 aromatic heterocycles. The summed E-state index contributed by atoms with van der Waals surface area (Å²) in [5.41, 5.74) is 2.04. The fourth-order valence-corrected chi connectivity index (χ4v) is 4.40. The molecule has 2 amide bonds. The van der Waals surface area contributed by atoms with Gasteiger partial charge in [0.25, 0.3) is 0 Å². The highest BCUT2D eigenvalue weighted by Gasteiger charge is 2.37. The number of nitrogens with one attached hydrogen (secondary N) is 2. The second kappa shape index (κ2) is 10.1. The molecule has 0 aliphatic carbocycles. The van der Waals surface area contributed by atoms with E-state index in [1.165, 1.54) is 12.1 Å². The number of urea groups is 1. The van der Waals surface area contributed by atoms with Crippen molar-refractivity contribution >= 4 is 23.4 Å². The van der Waals surface area contributed by atoms with Gasteiger partial charge in [0, 0.05) is 23.6 Å². The number of carbonyl (C=O) groups is 2. The number of carboxylic acid groups (broad SMARTS) is 1. The Morgan fingerprint density at radius 2 is 1.73 bits per heavy atom. The largest absolute Gasteiger partial charge is 0.488 e. The normalized spacial score (nSPS) is 16.6. The number of anilines is 2. The van der Waals surface area contributed by atoms with Crippen LogP contribution in [0.25, 0.3) is 11.1 Å². The van der Waals surface area contributed by atoms with Crippen molar-refractivity contribution in [3.8, 4) is 16.9 Å². The lowest BCUT2D eigenvalue weighted by Crippen LogP contribution is -2.20. The average molecular weight is 516 g/mol. The van der Waals surface area contributed by atoms with Gasteiger partial charge in [0.15, 0.2) is 0 Å². The van der Waals surface area contributed by atoms with Crippen LogP contribution in [0.3, 0.4) is 0 Å². The van der Waals surface area contributed by atoms with Crippen LogP contribution in [0.1, 0.15) is 47.2 Å². The van der Waals surface area contributed by atoms with Gasteiger partial charge in [-0.2, -0.15) is 13.2 Å². The summed E-state index contributed by atoms with van der Waals surface area (Å²) >= 11 is 0. The molecule has 0 saturated carbocycles. The maximum Gasteiger partial charge on any atom is 0.389 e. The molecular formula is C27H24F4N2O4. The summed E-state index contributed by atoms with van der Waals surface area (Å²) in [7, 11) is 0. The molecule has 0 fully saturated rings. The van der Waals surface area contributed by atoms with Crippen molar-refractivity contribution in [1.29, 1.82) is 0 Å². The van der Waals surface area contributed by atoms with Gasteiger partial charge in [-0.1, -0.05) is 17.7 Å².